The molecular formula is C15H11FN2O4S2. The van der Waals surface area contributed by atoms with Crippen LogP contribution in [0.4, 0.5) is 10.1 Å². The van der Waals surface area contributed by atoms with E-state index in [1.54, 1.807) is 18.2 Å². The van der Waals surface area contributed by atoms with Crippen LogP contribution in [0.15, 0.2) is 41.3 Å². The predicted octanol–water partition coefficient (Wildman–Crippen LogP) is 3.24. The Bertz CT molecular complexity index is 1060. The van der Waals surface area contributed by atoms with Crippen LogP contribution in [0, 0.1) is 12.7 Å². The average Bonchev–Trinajstić information content (AvgIpc) is 2.86. The van der Waals surface area contributed by atoms with Gasteiger partial charge in [0.2, 0.25) is 0 Å². The molecule has 2 aromatic carbocycles. The highest BCUT2D eigenvalue weighted by atomic mass is 32.2. The standard InChI is InChI=1S/C15H11FN2O4S2/c1-8-17-13-5-2-9(6-14(13)23-8)18-24(21,22)10-3-4-12(16)11(7-10)15(19)20/h2-7,18H,1H3,(H,19,20). The van der Waals surface area contributed by atoms with E-state index in [2.05, 4.69) is 9.71 Å². The zero-order valence-electron chi connectivity index (χ0n) is 12.3. The molecule has 0 spiro atoms. The molecule has 124 valence electrons. The number of aryl methyl sites for hydroxylation is 1. The first-order valence-corrected chi connectivity index (χ1v) is 8.99. The molecule has 24 heavy (non-hydrogen) atoms. The third-order valence-corrected chi connectivity index (χ3v) is 5.54. The average molecular weight is 366 g/mol. The molecule has 0 atom stereocenters. The van der Waals surface area contributed by atoms with Crippen LogP contribution in [0.25, 0.3) is 10.2 Å². The number of rotatable bonds is 4. The van der Waals surface area contributed by atoms with Gasteiger partial charge in [0.25, 0.3) is 10.0 Å². The lowest BCUT2D eigenvalue weighted by Crippen LogP contribution is -2.14. The lowest BCUT2D eigenvalue weighted by molar-refractivity contribution is 0.0691. The molecule has 0 unspecified atom stereocenters. The third kappa shape index (κ3) is 3.08. The summed E-state index contributed by atoms with van der Waals surface area (Å²) >= 11 is 1.42. The molecule has 3 aromatic rings. The second kappa shape index (κ2) is 5.84. The zero-order chi connectivity index (χ0) is 17.5. The fourth-order valence-electron chi connectivity index (χ4n) is 2.15. The molecule has 2 N–H and O–H groups in total. The maximum absolute atomic E-state index is 13.4. The van der Waals surface area contributed by atoms with Crippen LogP contribution in [0.3, 0.4) is 0 Å². The second-order valence-electron chi connectivity index (χ2n) is 4.97. The van der Waals surface area contributed by atoms with E-state index in [1.165, 1.54) is 11.3 Å². The maximum atomic E-state index is 13.4. The van der Waals surface area contributed by atoms with Crippen molar-refractivity contribution in [1.29, 1.82) is 0 Å². The number of fused-ring (bicyclic) bond motifs is 1. The van der Waals surface area contributed by atoms with Gasteiger partial charge in [-0.2, -0.15) is 0 Å². The minimum absolute atomic E-state index is 0.312. The van der Waals surface area contributed by atoms with E-state index in [1.807, 2.05) is 6.92 Å². The van der Waals surface area contributed by atoms with Gasteiger partial charge in [-0.25, -0.2) is 22.6 Å². The highest BCUT2D eigenvalue weighted by molar-refractivity contribution is 7.92. The van der Waals surface area contributed by atoms with E-state index < -0.39 is 27.4 Å². The number of anilines is 1. The first kappa shape index (κ1) is 16.3. The molecule has 0 amide bonds. The fourth-order valence-corrected chi connectivity index (χ4v) is 4.09. The van der Waals surface area contributed by atoms with Gasteiger partial charge in [-0.15, -0.1) is 11.3 Å². The van der Waals surface area contributed by atoms with Crippen LogP contribution in [-0.4, -0.2) is 24.5 Å². The second-order valence-corrected chi connectivity index (χ2v) is 7.88. The largest absolute Gasteiger partial charge is 0.478 e. The quantitative estimate of drug-likeness (QED) is 0.739. The molecule has 1 aromatic heterocycles. The van der Waals surface area contributed by atoms with E-state index in [-0.39, 0.29) is 4.90 Å². The molecule has 9 heteroatoms. The summed E-state index contributed by atoms with van der Waals surface area (Å²) in [5.74, 6) is -2.53. The van der Waals surface area contributed by atoms with Crippen molar-refractivity contribution in [3.05, 3.63) is 52.8 Å². The van der Waals surface area contributed by atoms with Gasteiger partial charge < -0.3 is 5.11 Å². The first-order valence-electron chi connectivity index (χ1n) is 6.69. The van der Waals surface area contributed by atoms with Gasteiger partial charge in [-0.05, 0) is 43.3 Å². The lowest BCUT2D eigenvalue weighted by atomic mass is 10.2. The molecule has 0 saturated carbocycles. The number of nitrogens with zero attached hydrogens (tertiary/aromatic N) is 1. The Morgan fingerprint density at radius 3 is 2.71 bits per heavy atom. The van der Waals surface area contributed by atoms with Crippen LogP contribution in [0.5, 0.6) is 0 Å². The molecule has 0 fully saturated rings. The molecule has 0 radical (unpaired) electrons. The number of benzene rings is 2. The Morgan fingerprint density at radius 1 is 1.25 bits per heavy atom. The summed E-state index contributed by atoms with van der Waals surface area (Å²) in [5, 5.41) is 9.76. The van der Waals surface area contributed by atoms with Crippen molar-refractivity contribution in [3.8, 4) is 0 Å². The van der Waals surface area contributed by atoms with Crippen LogP contribution in [-0.2, 0) is 10.0 Å². The van der Waals surface area contributed by atoms with Gasteiger partial charge in [0, 0.05) is 0 Å². The van der Waals surface area contributed by atoms with Crippen molar-refractivity contribution in [3.63, 3.8) is 0 Å². The molecule has 3 rings (SSSR count). The number of hydrogen-bond donors (Lipinski definition) is 2. The SMILES string of the molecule is Cc1nc2ccc(NS(=O)(=O)c3ccc(F)c(C(=O)O)c3)cc2s1. The van der Waals surface area contributed by atoms with Crippen LogP contribution >= 0.6 is 11.3 Å². The Kier molecular flexibility index (Phi) is 3.98. The summed E-state index contributed by atoms with van der Waals surface area (Å²) in [6, 6.07) is 7.49. The fraction of sp³-hybridized carbons (Fsp3) is 0.0667. The van der Waals surface area contributed by atoms with E-state index in [0.717, 1.165) is 33.4 Å². The predicted molar refractivity (Wildman–Crippen MR) is 88.5 cm³/mol. The van der Waals surface area contributed by atoms with Crippen molar-refractivity contribution >= 4 is 43.2 Å². The Labute approximate surface area is 140 Å². The number of carboxylic acids is 1. The minimum atomic E-state index is -4.04. The monoisotopic (exact) mass is 366 g/mol. The summed E-state index contributed by atoms with van der Waals surface area (Å²) in [6.45, 7) is 1.85. The molecule has 0 aliphatic carbocycles. The topological polar surface area (TPSA) is 96.4 Å². The summed E-state index contributed by atoms with van der Waals surface area (Å²) in [6.07, 6.45) is 0. The van der Waals surface area contributed by atoms with Crippen molar-refractivity contribution in [2.24, 2.45) is 0 Å². The van der Waals surface area contributed by atoms with Crippen molar-refractivity contribution in [1.82, 2.24) is 4.98 Å². The van der Waals surface area contributed by atoms with Crippen molar-refractivity contribution in [2.75, 3.05) is 4.72 Å². The van der Waals surface area contributed by atoms with Crippen LogP contribution in [0.1, 0.15) is 15.4 Å². The molecular weight excluding hydrogens is 355 g/mol. The number of carboxylic acid groups (broad SMARTS) is 1. The van der Waals surface area contributed by atoms with Gasteiger partial charge in [0.05, 0.1) is 31.4 Å². The maximum Gasteiger partial charge on any atom is 0.338 e. The van der Waals surface area contributed by atoms with Crippen molar-refractivity contribution < 1.29 is 22.7 Å². The lowest BCUT2D eigenvalue weighted by Gasteiger charge is -2.09. The first-order chi connectivity index (χ1) is 11.3. The number of halogens is 1. The smallest absolute Gasteiger partial charge is 0.338 e. The molecule has 0 aliphatic rings. The van der Waals surface area contributed by atoms with E-state index >= 15 is 0 Å². The molecule has 0 aliphatic heterocycles. The summed E-state index contributed by atoms with van der Waals surface area (Å²) in [4.78, 5) is 14.9. The van der Waals surface area contributed by atoms with Gasteiger partial charge >= 0.3 is 5.97 Å². The van der Waals surface area contributed by atoms with Gasteiger partial charge in [0.15, 0.2) is 0 Å². The molecule has 0 bridgehead atoms. The van der Waals surface area contributed by atoms with Crippen LogP contribution < -0.4 is 4.72 Å². The summed E-state index contributed by atoms with van der Waals surface area (Å²) < 4.78 is 41.4. The van der Waals surface area contributed by atoms with Gasteiger partial charge in [0.1, 0.15) is 5.82 Å². The highest BCUT2D eigenvalue weighted by Gasteiger charge is 2.19. The number of sulfonamides is 1. The summed E-state index contributed by atoms with van der Waals surface area (Å²) in [5.41, 5.74) is 0.370. The summed E-state index contributed by atoms with van der Waals surface area (Å²) in [7, 11) is -4.04. The van der Waals surface area contributed by atoms with Crippen LogP contribution in [0.2, 0.25) is 0 Å². The van der Waals surface area contributed by atoms with Crippen molar-refractivity contribution in [2.45, 2.75) is 11.8 Å². The number of thiazole rings is 1. The van der Waals surface area contributed by atoms with E-state index in [0.29, 0.717) is 5.69 Å². The number of carbonyl (C=O) groups is 1. The van der Waals surface area contributed by atoms with Gasteiger partial charge in [-0.1, -0.05) is 0 Å². The molecule has 1 heterocycles. The third-order valence-electron chi connectivity index (χ3n) is 3.23. The molecule has 6 nitrogen and oxygen atoms in total. The number of aromatic carboxylic acids is 1. The number of aromatic nitrogens is 1. The normalized spacial score (nSPS) is 11.6. The Hall–Kier alpha value is -2.52. The molecule has 0 saturated heterocycles. The van der Waals surface area contributed by atoms with E-state index in [4.69, 9.17) is 5.11 Å². The minimum Gasteiger partial charge on any atom is -0.478 e. The zero-order valence-corrected chi connectivity index (χ0v) is 13.9. The van der Waals surface area contributed by atoms with E-state index in [9.17, 15) is 17.6 Å². The number of nitrogens with one attached hydrogen (secondary N) is 1. The number of hydrogen-bond acceptors (Lipinski definition) is 5. The Morgan fingerprint density at radius 2 is 2.00 bits per heavy atom. The highest BCUT2D eigenvalue weighted by Crippen LogP contribution is 2.26. The van der Waals surface area contributed by atoms with Gasteiger partial charge in [-0.3, -0.25) is 4.72 Å². The Balaban J connectivity index is 1.98.